The van der Waals surface area contributed by atoms with Crippen molar-refractivity contribution in [2.75, 3.05) is 5.32 Å². The lowest BCUT2D eigenvalue weighted by Gasteiger charge is -1.98. The van der Waals surface area contributed by atoms with Crippen molar-refractivity contribution in [1.82, 2.24) is 9.36 Å². The third-order valence-corrected chi connectivity index (χ3v) is 3.84. The lowest BCUT2D eigenvalue weighted by atomic mass is 10.3. The van der Waals surface area contributed by atoms with E-state index in [4.69, 9.17) is 0 Å². The van der Waals surface area contributed by atoms with Crippen molar-refractivity contribution in [3.8, 4) is 0 Å². The van der Waals surface area contributed by atoms with Crippen LogP contribution in [0.3, 0.4) is 0 Å². The fraction of sp³-hybridized carbons (Fsp3) is 0.800. The zero-order valence-electron chi connectivity index (χ0n) is 8.36. The average Bonchev–Trinajstić information content (AvgIpc) is 3.04. The van der Waals surface area contributed by atoms with Crippen molar-refractivity contribution in [2.24, 2.45) is 11.8 Å². The van der Waals surface area contributed by atoms with E-state index >= 15 is 0 Å². The molecule has 2 aliphatic carbocycles. The van der Waals surface area contributed by atoms with Crippen LogP contribution in [0.15, 0.2) is 0 Å². The number of hydrogen-bond acceptors (Lipinski definition) is 4. The number of aryl methyl sites for hydroxylation is 1. The van der Waals surface area contributed by atoms with Crippen molar-refractivity contribution in [1.29, 1.82) is 0 Å². The molecule has 2 aliphatic rings. The van der Waals surface area contributed by atoms with E-state index in [0.29, 0.717) is 6.04 Å². The molecule has 14 heavy (non-hydrogen) atoms. The number of hydrogen-bond donors (Lipinski definition) is 1. The van der Waals surface area contributed by atoms with Crippen LogP contribution in [0.1, 0.15) is 32.0 Å². The van der Waals surface area contributed by atoms with Crippen LogP contribution in [0.4, 0.5) is 5.13 Å². The monoisotopic (exact) mass is 209 g/mol. The minimum absolute atomic E-state index is 0.708. The van der Waals surface area contributed by atoms with E-state index < -0.39 is 0 Å². The van der Waals surface area contributed by atoms with Gasteiger partial charge in [-0.25, -0.2) is 4.98 Å². The highest BCUT2D eigenvalue weighted by Gasteiger charge is 2.47. The summed E-state index contributed by atoms with van der Waals surface area (Å²) in [6.45, 7) is 2.09. The average molecular weight is 209 g/mol. The van der Waals surface area contributed by atoms with Crippen LogP contribution in [0.2, 0.25) is 0 Å². The van der Waals surface area contributed by atoms with Crippen LogP contribution < -0.4 is 5.32 Å². The number of nitrogens with one attached hydrogen (secondary N) is 1. The highest BCUT2D eigenvalue weighted by atomic mass is 32.1. The van der Waals surface area contributed by atoms with E-state index in [9.17, 15) is 0 Å². The Balaban J connectivity index is 1.57. The van der Waals surface area contributed by atoms with Crippen LogP contribution in [0.25, 0.3) is 0 Å². The summed E-state index contributed by atoms with van der Waals surface area (Å²) in [5.41, 5.74) is 0. The predicted molar refractivity (Wildman–Crippen MR) is 57.5 cm³/mol. The number of anilines is 1. The molecule has 0 aliphatic heterocycles. The standard InChI is InChI=1S/C10H15N3S/c1-2-9-12-10(14-13-9)11-8-5-7(8)6-3-4-6/h6-8H,2-5H2,1H3,(H,11,12,13)/t7-,8+/m0/s1. The zero-order valence-corrected chi connectivity index (χ0v) is 9.18. The summed E-state index contributed by atoms with van der Waals surface area (Å²) in [5.74, 6) is 2.95. The minimum Gasteiger partial charge on any atom is -0.357 e. The lowest BCUT2D eigenvalue weighted by molar-refractivity contribution is 0.697. The van der Waals surface area contributed by atoms with Gasteiger partial charge < -0.3 is 5.32 Å². The van der Waals surface area contributed by atoms with Gasteiger partial charge in [0.05, 0.1) is 0 Å². The van der Waals surface area contributed by atoms with Crippen molar-refractivity contribution in [3.63, 3.8) is 0 Å². The Morgan fingerprint density at radius 2 is 2.36 bits per heavy atom. The van der Waals surface area contributed by atoms with E-state index in [1.54, 1.807) is 0 Å². The Hall–Kier alpha value is -0.640. The summed E-state index contributed by atoms with van der Waals surface area (Å²) in [7, 11) is 0. The van der Waals surface area contributed by atoms with Gasteiger partial charge in [0.2, 0.25) is 5.13 Å². The highest BCUT2D eigenvalue weighted by Crippen LogP contribution is 2.51. The van der Waals surface area contributed by atoms with E-state index in [1.807, 2.05) is 0 Å². The first-order valence-electron chi connectivity index (χ1n) is 5.46. The fourth-order valence-electron chi connectivity index (χ4n) is 2.04. The maximum Gasteiger partial charge on any atom is 0.202 e. The van der Waals surface area contributed by atoms with Gasteiger partial charge in [-0.1, -0.05) is 6.92 Å². The Kier molecular flexibility index (Phi) is 1.97. The first kappa shape index (κ1) is 8.65. The molecule has 1 aromatic rings. The molecule has 2 atom stereocenters. The van der Waals surface area contributed by atoms with Crippen LogP contribution in [0.5, 0.6) is 0 Å². The SMILES string of the molecule is CCc1nsc(N[C@@H]2C[C@H]2C2CC2)n1. The minimum atomic E-state index is 0.708. The summed E-state index contributed by atoms with van der Waals surface area (Å²) < 4.78 is 4.27. The smallest absolute Gasteiger partial charge is 0.202 e. The van der Waals surface area contributed by atoms with Crippen molar-refractivity contribution < 1.29 is 0 Å². The molecule has 3 rings (SSSR count). The Morgan fingerprint density at radius 3 is 3.00 bits per heavy atom. The Labute approximate surface area is 88.1 Å². The van der Waals surface area contributed by atoms with Gasteiger partial charge in [-0.3, -0.25) is 0 Å². The van der Waals surface area contributed by atoms with Crippen LogP contribution >= 0.6 is 11.5 Å². The van der Waals surface area contributed by atoms with Gasteiger partial charge in [-0.2, -0.15) is 4.37 Å². The molecule has 0 bridgehead atoms. The van der Waals surface area contributed by atoms with E-state index in [-0.39, 0.29) is 0 Å². The largest absolute Gasteiger partial charge is 0.357 e. The quantitative estimate of drug-likeness (QED) is 0.827. The maximum atomic E-state index is 4.42. The summed E-state index contributed by atoms with van der Waals surface area (Å²) in [5, 5.41) is 4.51. The van der Waals surface area contributed by atoms with E-state index in [2.05, 4.69) is 21.6 Å². The molecule has 1 N–H and O–H groups in total. The molecule has 0 unspecified atom stereocenters. The fourth-order valence-corrected chi connectivity index (χ4v) is 2.75. The molecule has 2 fully saturated rings. The first-order valence-corrected chi connectivity index (χ1v) is 6.23. The van der Waals surface area contributed by atoms with Crippen LogP contribution in [-0.4, -0.2) is 15.4 Å². The number of rotatable bonds is 4. The molecule has 0 spiro atoms. The van der Waals surface area contributed by atoms with Crippen LogP contribution in [0, 0.1) is 11.8 Å². The second kappa shape index (κ2) is 3.19. The lowest BCUT2D eigenvalue weighted by Crippen LogP contribution is -2.04. The van der Waals surface area contributed by atoms with E-state index in [0.717, 1.165) is 29.2 Å². The van der Waals surface area contributed by atoms with Crippen LogP contribution in [-0.2, 0) is 6.42 Å². The molecule has 76 valence electrons. The first-order chi connectivity index (χ1) is 6.86. The predicted octanol–water partition coefficient (Wildman–Crippen LogP) is 2.31. The van der Waals surface area contributed by atoms with Crippen molar-refractivity contribution in [3.05, 3.63) is 5.82 Å². The zero-order chi connectivity index (χ0) is 9.54. The maximum absolute atomic E-state index is 4.42. The molecule has 0 aromatic carbocycles. The summed E-state index contributed by atoms with van der Waals surface area (Å²) >= 11 is 1.50. The summed E-state index contributed by atoms with van der Waals surface area (Å²) in [6, 6.07) is 0.708. The topological polar surface area (TPSA) is 37.8 Å². The molecular weight excluding hydrogens is 194 g/mol. The molecule has 0 radical (unpaired) electrons. The molecule has 0 amide bonds. The summed E-state index contributed by atoms with van der Waals surface area (Å²) in [6.07, 6.45) is 5.21. The number of aromatic nitrogens is 2. The van der Waals surface area contributed by atoms with Gasteiger partial charge in [-0.15, -0.1) is 0 Å². The van der Waals surface area contributed by atoms with Gasteiger partial charge in [0.25, 0.3) is 0 Å². The molecule has 4 heteroatoms. The van der Waals surface area contributed by atoms with E-state index in [1.165, 1.54) is 30.8 Å². The van der Waals surface area contributed by atoms with Crippen molar-refractivity contribution >= 4 is 16.7 Å². The molecular formula is C10H15N3S. The molecule has 3 nitrogen and oxygen atoms in total. The highest BCUT2D eigenvalue weighted by molar-refractivity contribution is 7.09. The van der Waals surface area contributed by atoms with Crippen molar-refractivity contribution in [2.45, 2.75) is 38.6 Å². The molecule has 2 saturated carbocycles. The number of nitrogens with zero attached hydrogens (tertiary/aromatic N) is 2. The second-order valence-electron chi connectivity index (χ2n) is 4.36. The third-order valence-electron chi connectivity index (χ3n) is 3.16. The third kappa shape index (κ3) is 1.63. The van der Waals surface area contributed by atoms with Gasteiger partial charge in [0.1, 0.15) is 5.82 Å². The molecule has 0 saturated heterocycles. The summed E-state index contributed by atoms with van der Waals surface area (Å²) in [4.78, 5) is 4.42. The Bertz CT molecular complexity index is 332. The molecule has 1 aromatic heterocycles. The van der Waals surface area contributed by atoms with Gasteiger partial charge in [-0.05, 0) is 31.1 Å². The normalized spacial score (nSPS) is 30.4. The Morgan fingerprint density at radius 1 is 1.50 bits per heavy atom. The van der Waals surface area contributed by atoms with Gasteiger partial charge in [0.15, 0.2) is 0 Å². The van der Waals surface area contributed by atoms with Gasteiger partial charge >= 0.3 is 0 Å². The second-order valence-corrected chi connectivity index (χ2v) is 5.11. The molecule has 1 heterocycles. The van der Waals surface area contributed by atoms with Gasteiger partial charge in [0, 0.05) is 24.0 Å².